The highest BCUT2D eigenvalue weighted by atomic mass is 16.6. The molecule has 0 spiro atoms. The van der Waals surface area contributed by atoms with Crippen LogP contribution in [0.2, 0.25) is 0 Å². The van der Waals surface area contributed by atoms with Gasteiger partial charge in [0.25, 0.3) is 0 Å². The first kappa shape index (κ1) is 33.9. The molecule has 1 unspecified atom stereocenters. The van der Waals surface area contributed by atoms with Gasteiger partial charge in [-0.05, 0) is 30.9 Å². The lowest BCUT2D eigenvalue weighted by Gasteiger charge is -2.53. The molecule has 0 aromatic heterocycles. The maximum Gasteiger partial charge on any atom is 0.309 e. The Morgan fingerprint density at radius 2 is 1.67 bits per heavy atom. The molecule has 0 amide bonds. The van der Waals surface area contributed by atoms with E-state index in [1.807, 2.05) is 20.8 Å². The molecule has 2 saturated carbocycles. The van der Waals surface area contributed by atoms with Crippen molar-refractivity contribution in [1.29, 1.82) is 0 Å². The van der Waals surface area contributed by atoms with Crippen LogP contribution in [0.5, 0.6) is 0 Å². The van der Waals surface area contributed by atoms with Gasteiger partial charge in [-0.1, -0.05) is 92.2 Å². The van der Waals surface area contributed by atoms with Gasteiger partial charge in [-0.25, -0.2) is 0 Å². The lowest BCUT2D eigenvalue weighted by molar-refractivity contribution is -0.230. The molecule has 4 aliphatic rings. The van der Waals surface area contributed by atoms with Crippen molar-refractivity contribution in [3.8, 4) is 0 Å². The van der Waals surface area contributed by atoms with Crippen LogP contribution < -0.4 is 0 Å². The van der Waals surface area contributed by atoms with Crippen molar-refractivity contribution in [2.75, 3.05) is 6.61 Å². The van der Waals surface area contributed by atoms with E-state index in [0.29, 0.717) is 24.0 Å². The van der Waals surface area contributed by atoms with Crippen LogP contribution in [0.25, 0.3) is 0 Å². The zero-order valence-electron chi connectivity index (χ0n) is 27.3. The molecule has 4 rings (SSSR count). The van der Waals surface area contributed by atoms with Crippen LogP contribution in [0.4, 0.5) is 0 Å². The smallest absolute Gasteiger partial charge is 0.309 e. The third-order valence-electron chi connectivity index (χ3n) is 11.5. The van der Waals surface area contributed by atoms with Crippen molar-refractivity contribution in [2.24, 2.45) is 35.0 Å². The summed E-state index contributed by atoms with van der Waals surface area (Å²) < 4.78 is 12.7. The van der Waals surface area contributed by atoms with Crippen LogP contribution in [0.1, 0.15) is 113 Å². The quantitative estimate of drug-likeness (QED) is 0.149. The molecule has 43 heavy (non-hydrogen) atoms. The highest BCUT2D eigenvalue weighted by molar-refractivity contribution is 6.04. The molecule has 3 N–H and O–H groups in total. The molecule has 0 aromatic rings. The highest BCUT2D eigenvalue weighted by Gasteiger charge is 2.88. The number of aliphatic hydroxyl groups is 3. The van der Waals surface area contributed by atoms with Crippen LogP contribution in [-0.2, 0) is 23.9 Å². The van der Waals surface area contributed by atoms with Crippen LogP contribution >= 0.6 is 0 Å². The number of rotatable bonds is 13. The Bertz CT molecular complexity index is 1150. The zero-order valence-corrected chi connectivity index (χ0v) is 27.3. The van der Waals surface area contributed by atoms with Crippen molar-refractivity contribution < 1.29 is 39.2 Å². The van der Waals surface area contributed by atoms with E-state index in [1.165, 1.54) is 19.3 Å². The van der Waals surface area contributed by atoms with E-state index >= 15 is 0 Å². The van der Waals surface area contributed by atoms with E-state index in [0.717, 1.165) is 19.3 Å². The first-order chi connectivity index (χ1) is 20.2. The van der Waals surface area contributed by atoms with E-state index < -0.39 is 63.7 Å². The van der Waals surface area contributed by atoms with Crippen molar-refractivity contribution in [1.82, 2.24) is 0 Å². The van der Waals surface area contributed by atoms with Gasteiger partial charge >= 0.3 is 11.9 Å². The predicted molar refractivity (Wildman–Crippen MR) is 163 cm³/mol. The molecule has 242 valence electrons. The maximum atomic E-state index is 13.4. The second-order valence-electron chi connectivity index (χ2n) is 14.4. The Balaban J connectivity index is 1.72. The molecule has 0 aromatic carbocycles. The molecule has 9 atom stereocenters. The first-order valence-corrected chi connectivity index (χ1v) is 16.6. The SMILES string of the molecule is CCCCCCCCCC(=O)O[C@@H]1[C@@H](C)[C@@]2(O)[C@@H](C=C(CO)C[C@]3(O)C(=O)C(C)=C[C@@H]23)[C@H]2C(C)(C)[C@]12OC(=O)C(C)CC. The molecule has 0 radical (unpaired) electrons. The fourth-order valence-electron chi connectivity index (χ4n) is 8.68. The van der Waals surface area contributed by atoms with Crippen LogP contribution in [-0.4, -0.2) is 62.6 Å². The summed E-state index contributed by atoms with van der Waals surface area (Å²) in [5, 5.41) is 35.0. The van der Waals surface area contributed by atoms with Gasteiger partial charge < -0.3 is 24.8 Å². The molecule has 4 aliphatic carbocycles. The molecule has 8 heteroatoms. The highest BCUT2D eigenvalue weighted by Crippen LogP contribution is 2.77. The number of carbonyl (C=O) groups excluding carboxylic acids is 3. The molecule has 0 aliphatic heterocycles. The van der Waals surface area contributed by atoms with Crippen molar-refractivity contribution in [3.05, 3.63) is 23.3 Å². The van der Waals surface area contributed by atoms with Crippen molar-refractivity contribution in [3.63, 3.8) is 0 Å². The minimum Gasteiger partial charge on any atom is -0.458 e. The number of unbranched alkanes of at least 4 members (excludes halogenated alkanes) is 6. The largest absolute Gasteiger partial charge is 0.458 e. The first-order valence-electron chi connectivity index (χ1n) is 16.6. The number of ether oxygens (including phenoxy) is 2. The predicted octanol–water partition coefficient (Wildman–Crippen LogP) is 5.22. The van der Waals surface area contributed by atoms with Gasteiger partial charge in [-0.2, -0.15) is 0 Å². The van der Waals surface area contributed by atoms with E-state index in [9.17, 15) is 29.7 Å². The molecule has 0 saturated heterocycles. The lowest BCUT2D eigenvalue weighted by Crippen LogP contribution is -2.66. The average Bonchev–Trinajstić information content (AvgIpc) is 3.39. The van der Waals surface area contributed by atoms with Gasteiger partial charge in [0.05, 0.1) is 18.1 Å². The summed E-state index contributed by atoms with van der Waals surface area (Å²) in [6.07, 6.45) is 10.5. The molecular weight excluding hydrogens is 548 g/mol. The van der Waals surface area contributed by atoms with Gasteiger partial charge in [-0.3, -0.25) is 14.4 Å². The minimum absolute atomic E-state index is 0.109. The Morgan fingerprint density at radius 3 is 2.28 bits per heavy atom. The number of esters is 2. The van der Waals surface area contributed by atoms with Crippen molar-refractivity contribution >= 4 is 17.7 Å². The summed E-state index contributed by atoms with van der Waals surface area (Å²) in [6.45, 7) is 12.8. The Kier molecular flexibility index (Phi) is 9.76. The van der Waals surface area contributed by atoms with Crippen LogP contribution in [0.3, 0.4) is 0 Å². The topological polar surface area (TPSA) is 130 Å². The second kappa shape index (κ2) is 12.4. The minimum atomic E-state index is -1.94. The van der Waals surface area contributed by atoms with E-state index in [1.54, 1.807) is 32.9 Å². The molecule has 0 bridgehead atoms. The number of ketones is 1. The molecule has 2 fully saturated rings. The third kappa shape index (κ3) is 5.33. The van der Waals surface area contributed by atoms with E-state index in [4.69, 9.17) is 9.47 Å². The summed E-state index contributed by atoms with van der Waals surface area (Å²) in [4.78, 5) is 40.1. The standard InChI is InChI=1S/C35H54O8/c1-8-10-11-12-13-14-15-16-27(37)42-30-23(5)34(41)25(28-32(6,7)35(28,30)43-31(39)21(3)9-2)18-24(20-36)19-33(40)26(34)17-22(4)29(33)38/h17-18,21,23,25-26,28,30,36,40-41H,8-16,19-20H2,1-7H3/t21?,23-,25+,26-,28+,30-,33-,34-,35-/m1/s1. The fourth-order valence-corrected chi connectivity index (χ4v) is 8.68. The third-order valence-corrected chi connectivity index (χ3v) is 11.5. The number of Topliss-reactive ketones (excluding diaryl/α,β-unsaturated/α-hetero) is 1. The summed E-state index contributed by atoms with van der Waals surface area (Å²) >= 11 is 0. The van der Waals surface area contributed by atoms with Gasteiger partial charge in [0.15, 0.2) is 11.4 Å². The average molecular weight is 603 g/mol. The molecular formula is C35H54O8. The molecule has 0 heterocycles. The number of aliphatic hydroxyl groups excluding tert-OH is 1. The lowest BCUT2D eigenvalue weighted by atomic mass is 9.59. The molecule has 8 nitrogen and oxygen atoms in total. The zero-order chi connectivity index (χ0) is 32.0. The normalized spacial score (nSPS) is 38.1. The van der Waals surface area contributed by atoms with Gasteiger partial charge in [0.1, 0.15) is 11.7 Å². The second-order valence-corrected chi connectivity index (χ2v) is 14.4. The van der Waals surface area contributed by atoms with Gasteiger partial charge in [0, 0.05) is 41.9 Å². The van der Waals surface area contributed by atoms with E-state index in [2.05, 4.69) is 6.92 Å². The number of carbonyl (C=O) groups is 3. The number of hydrogen-bond acceptors (Lipinski definition) is 8. The summed E-state index contributed by atoms with van der Waals surface area (Å²) in [5.41, 5.74) is -4.75. The number of fused-ring (bicyclic) bond motifs is 5. The van der Waals surface area contributed by atoms with E-state index in [-0.39, 0.29) is 31.3 Å². The van der Waals surface area contributed by atoms with Gasteiger partial charge in [0.2, 0.25) is 0 Å². The van der Waals surface area contributed by atoms with Crippen LogP contribution in [0.15, 0.2) is 23.3 Å². The Hall–Kier alpha value is -2.03. The summed E-state index contributed by atoms with van der Waals surface area (Å²) in [5.74, 6) is -4.57. The summed E-state index contributed by atoms with van der Waals surface area (Å²) in [6, 6.07) is 0. The summed E-state index contributed by atoms with van der Waals surface area (Å²) in [7, 11) is 0. The van der Waals surface area contributed by atoms with Gasteiger partial charge in [-0.15, -0.1) is 0 Å². The van der Waals surface area contributed by atoms with Crippen molar-refractivity contribution in [2.45, 2.75) is 136 Å². The monoisotopic (exact) mass is 602 g/mol. The fraction of sp³-hybridized carbons (Fsp3) is 0.800. The number of hydrogen-bond donors (Lipinski definition) is 3. The maximum absolute atomic E-state index is 13.4. The Morgan fingerprint density at radius 1 is 1.05 bits per heavy atom. The van der Waals surface area contributed by atoms with Crippen LogP contribution in [0, 0.1) is 35.0 Å². The Labute approximate surface area is 257 Å².